The molecule has 0 saturated heterocycles. The third-order valence-electron chi connectivity index (χ3n) is 3.09. The summed E-state index contributed by atoms with van der Waals surface area (Å²) in [5.74, 6) is -0.0562. The fraction of sp³-hybridized carbons (Fsp3) is 0.231. The molecule has 0 unspecified atom stereocenters. The molecule has 1 aromatic heterocycles. The largest absolute Gasteiger partial charge is 0.347 e. The van der Waals surface area contributed by atoms with E-state index >= 15 is 0 Å². The fourth-order valence-electron chi connectivity index (χ4n) is 2.09. The molecule has 0 radical (unpaired) electrons. The number of hydrogen-bond donors (Lipinski definition) is 3. The lowest BCUT2D eigenvalue weighted by Crippen LogP contribution is -2.23. The first-order valence-corrected chi connectivity index (χ1v) is 5.91. The van der Waals surface area contributed by atoms with Crippen LogP contribution < -0.4 is 10.6 Å². The van der Waals surface area contributed by atoms with E-state index in [1.807, 2.05) is 18.2 Å². The monoisotopic (exact) mass is 242 g/mol. The maximum absolute atomic E-state index is 12.0. The van der Waals surface area contributed by atoms with Crippen LogP contribution in [0.25, 0.3) is 0 Å². The molecule has 0 fully saturated rings. The van der Waals surface area contributed by atoms with Crippen LogP contribution in [0.5, 0.6) is 0 Å². The first-order valence-electron chi connectivity index (χ1n) is 5.91. The lowest BCUT2D eigenvalue weighted by atomic mass is 10.1. The van der Waals surface area contributed by atoms with Gasteiger partial charge in [-0.1, -0.05) is 6.07 Å². The molecule has 1 aromatic carbocycles. The van der Waals surface area contributed by atoms with E-state index in [1.165, 1.54) is 11.1 Å². The Kier molecular flexibility index (Phi) is 2.82. The van der Waals surface area contributed by atoms with Crippen molar-refractivity contribution in [3.05, 3.63) is 53.1 Å². The lowest BCUT2D eigenvalue weighted by Gasteiger charge is -2.05. The van der Waals surface area contributed by atoms with Gasteiger partial charge >= 0.3 is 0 Å². The maximum atomic E-state index is 12.0. The number of aromatic nitrogens is 2. The maximum Gasteiger partial charge on any atom is 0.251 e. The number of H-pyrrole nitrogens is 1. The number of hydrogen-bond acceptors (Lipinski definition) is 3. The normalized spacial score (nSPS) is 13.3. The van der Waals surface area contributed by atoms with Gasteiger partial charge in [0, 0.05) is 24.8 Å². The van der Waals surface area contributed by atoms with E-state index in [4.69, 9.17) is 0 Å². The minimum absolute atomic E-state index is 0.0562. The number of imidazole rings is 1. The van der Waals surface area contributed by atoms with E-state index in [2.05, 4.69) is 20.6 Å². The summed E-state index contributed by atoms with van der Waals surface area (Å²) in [6.45, 7) is 2.20. The summed E-state index contributed by atoms with van der Waals surface area (Å²) in [7, 11) is 0. The van der Waals surface area contributed by atoms with Crippen molar-refractivity contribution in [1.82, 2.24) is 20.6 Å². The van der Waals surface area contributed by atoms with Crippen molar-refractivity contribution < 1.29 is 4.79 Å². The zero-order valence-corrected chi connectivity index (χ0v) is 9.86. The highest BCUT2D eigenvalue weighted by Gasteiger charge is 2.13. The van der Waals surface area contributed by atoms with Crippen LogP contribution in [-0.2, 0) is 19.6 Å². The molecular formula is C13H14N4O. The molecular weight excluding hydrogens is 228 g/mol. The van der Waals surface area contributed by atoms with Gasteiger partial charge in [-0.2, -0.15) is 0 Å². The van der Waals surface area contributed by atoms with Crippen LogP contribution in [0.3, 0.4) is 0 Å². The number of aromatic amines is 1. The van der Waals surface area contributed by atoms with Gasteiger partial charge in [-0.3, -0.25) is 4.79 Å². The van der Waals surface area contributed by atoms with Crippen molar-refractivity contribution in [2.75, 3.05) is 0 Å². The second-order valence-corrected chi connectivity index (χ2v) is 4.35. The Morgan fingerprint density at radius 3 is 3.06 bits per heavy atom. The lowest BCUT2D eigenvalue weighted by molar-refractivity contribution is 0.0950. The number of carbonyl (C=O) groups excluding carboxylic acids is 1. The molecule has 0 aliphatic carbocycles. The van der Waals surface area contributed by atoms with Gasteiger partial charge in [0.1, 0.15) is 0 Å². The highest BCUT2D eigenvalue weighted by molar-refractivity contribution is 5.94. The van der Waals surface area contributed by atoms with Gasteiger partial charge in [0.05, 0.1) is 18.6 Å². The van der Waals surface area contributed by atoms with E-state index in [0.29, 0.717) is 12.1 Å². The highest BCUT2D eigenvalue weighted by Crippen LogP contribution is 2.16. The predicted octanol–water partition coefficient (Wildman–Crippen LogP) is 0.943. The molecule has 2 heterocycles. The van der Waals surface area contributed by atoms with Crippen LogP contribution >= 0.6 is 0 Å². The van der Waals surface area contributed by atoms with Gasteiger partial charge in [-0.25, -0.2) is 4.98 Å². The summed E-state index contributed by atoms with van der Waals surface area (Å²) in [5.41, 5.74) is 4.09. The van der Waals surface area contributed by atoms with E-state index in [0.717, 1.165) is 18.8 Å². The van der Waals surface area contributed by atoms with Crippen molar-refractivity contribution in [3.63, 3.8) is 0 Å². The smallest absolute Gasteiger partial charge is 0.251 e. The zero-order valence-electron chi connectivity index (χ0n) is 9.86. The molecule has 1 aliphatic rings. The van der Waals surface area contributed by atoms with E-state index in [1.54, 1.807) is 12.5 Å². The van der Waals surface area contributed by atoms with Crippen molar-refractivity contribution in [1.29, 1.82) is 0 Å². The Morgan fingerprint density at radius 1 is 1.33 bits per heavy atom. The molecule has 1 amide bonds. The molecule has 5 nitrogen and oxygen atoms in total. The van der Waals surface area contributed by atoms with Gasteiger partial charge in [0.15, 0.2) is 0 Å². The summed E-state index contributed by atoms with van der Waals surface area (Å²) in [5, 5.41) is 6.13. The van der Waals surface area contributed by atoms with Gasteiger partial charge in [-0.15, -0.1) is 0 Å². The molecule has 0 saturated carbocycles. The predicted molar refractivity (Wildman–Crippen MR) is 66.7 cm³/mol. The molecule has 92 valence electrons. The number of fused-ring (bicyclic) bond motifs is 1. The minimum Gasteiger partial charge on any atom is -0.347 e. The number of amides is 1. The molecule has 0 atom stereocenters. The first-order chi connectivity index (χ1) is 8.83. The number of nitrogens with one attached hydrogen (secondary N) is 3. The average molecular weight is 242 g/mol. The third-order valence-corrected chi connectivity index (χ3v) is 3.09. The summed E-state index contributed by atoms with van der Waals surface area (Å²) in [6.07, 6.45) is 3.30. The van der Waals surface area contributed by atoms with Crippen LogP contribution in [0.4, 0.5) is 0 Å². The van der Waals surface area contributed by atoms with Crippen LogP contribution in [-0.4, -0.2) is 15.9 Å². The Labute approximate surface area is 105 Å². The Morgan fingerprint density at radius 2 is 2.22 bits per heavy atom. The van der Waals surface area contributed by atoms with E-state index in [9.17, 15) is 4.79 Å². The SMILES string of the molecule is O=C(NCc1cnc[nH]1)c1ccc2c(c1)CNC2. The molecule has 1 aliphatic heterocycles. The third kappa shape index (κ3) is 2.12. The molecule has 0 spiro atoms. The van der Waals surface area contributed by atoms with Gasteiger partial charge in [0.25, 0.3) is 5.91 Å². The summed E-state index contributed by atoms with van der Waals surface area (Å²) < 4.78 is 0. The molecule has 0 bridgehead atoms. The Balaban J connectivity index is 1.69. The molecule has 18 heavy (non-hydrogen) atoms. The molecule has 3 N–H and O–H groups in total. The van der Waals surface area contributed by atoms with Crippen molar-refractivity contribution >= 4 is 5.91 Å². The second-order valence-electron chi connectivity index (χ2n) is 4.35. The number of benzene rings is 1. The molecule has 5 heteroatoms. The highest BCUT2D eigenvalue weighted by atomic mass is 16.1. The van der Waals surface area contributed by atoms with Crippen molar-refractivity contribution in [2.45, 2.75) is 19.6 Å². The summed E-state index contributed by atoms with van der Waals surface area (Å²) in [6, 6.07) is 5.84. The molecule has 3 rings (SSSR count). The quantitative estimate of drug-likeness (QED) is 0.750. The number of rotatable bonds is 3. The Bertz CT molecular complexity index is 562. The first kappa shape index (κ1) is 11.0. The van der Waals surface area contributed by atoms with Crippen LogP contribution in [0.2, 0.25) is 0 Å². The second kappa shape index (κ2) is 4.62. The number of nitrogens with zero attached hydrogens (tertiary/aromatic N) is 1. The van der Waals surface area contributed by atoms with Gasteiger partial charge < -0.3 is 15.6 Å². The minimum atomic E-state index is -0.0562. The fourth-order valence-corrected chi connectivity index (χ4v) is 2.09. The summed E-state index contributed by atoms with van der Waals surface area (Å²) >= 11 is 0. The van der Waals surface area contributed by atoms with Crippen LogP contribution in [0.1, 0.15) is 27.2 Å². The number of carbonyl (C=O) groups is 1. The van der Waals surface area contributed by atoms with Gasteiger partial charge in [-0.05, 0) is 23.3 Å². The average Bonchev–Trinajstić information content (AvgIpc) is 3.05. The van der Waals surface area contributed by atoms with Crippen molar-refractivity contribution in [3.8, 4) is 0 Å². The Hall–Kier alpha value is -2.14. The van der Waals surface area contributed by atoms with Crippen LogP contribution in [0, 0.1) is 0 Å². The topological polar surface area (TPSA) is 69.8 Å². The molecule has 2 aromatic rings. The van der Waals surface area contributed by atoms with Gasteiger partial charge in [0.2, 0.25) is 0 Å². The summed E-state index contributed by atoms with van der Waals surface area (Å²) in [4.78, 5) is 18.8. The van der Waals surface area contributed by atoms with Crippen LogP contribution in [0.15, 0.2) is 30.7 Å². The van der Waals surface area contributed by atoms with E-state index < -0.39 is 0 Å². The van der Waals surface area contributed by atoms with E-state index in [-0.39, 0.29) is 5.91 Å². The zero-order chi connectivity index (χ0) is 12.4. The van der Waals surface area contributed by atoms with Crippen molar-refractivity contribution in [2.24, 2.45) is 0 Å². The standard InChI is InChI=1S/C13H14N4O/c18-13(16-7-12-6-15-8-17-12)9-1-2-10-4-14-5-11(10)3-9/h1-3,6,8,14H,4-5,7H2,(H,15,17)(H,16,18).